The highest BCUT2D eigenvalue weighted by Gasteiger charge is 2.24. The summed E-state index contributed by atoms with van der Waals surface area (Å²) in [7, 11) is 0. The van der Waals surface area contributed by atoms with Crippen LogP contribution in [0.15, 0.2) is 54.6 Å². The topological polar surface area (TPSA) is 3.24 Å². The smallest absolute Gasteiger partial charge is 0.123 e. The molecule has 2 aromatic carbocycles. The molecule has 0 aromatic heterocycles. The third-order valence-electron chi connectivity index (χ3n) is 3.85. The fraction of sp³-hybridized carbons (Fsp3) is 0.294. The van der Waals surface area contributed by atoms with Gasteiger partial charge in [-0.3, -0.25) is 0 Å². The van der Waals surface area contributed by atoms with E-state index in [0.717, 1.165) is 18.7 Å². The van der Waals surface area contributed by atoms with Gasteiger partial charge in [-0.05, 0) is 49.1 Å². The Morgan fingerprint density at radius 1 is 1.00 bits per heavy atom. The largest absolute Gasteiger partial charge is 0.368 e. The van der Waals surface area contributed by atoms with Crippen LogP contribution in [0.4, 0.5) is 10.1 Å². The van der Waals surface area contributed by atoms with Crippen LogP contribution in [0.5, 0.6) is 0 Å². The maximum Gasteiger partial charge on any atom is 0.123 e. The molecule has 1 aliphatic heterocycles. The molecule has 98 valence electrons. The van der Waals surface area contributed by atoms with Crippen molar-refractivity contribution >= 4 is 5.69 Å². The minimum atomic E-state index is -0.164. The Morgan fingerprint density at radius 3 is 2.47 bits per heavy atom. The molecule has 19 heavy (non-hydrogen) atoms. The van der Waals surface area contributed by atoms with Gasteiger partial charge in [0, 0.05) is 18.3 Å². The molecule has 2 heteroatoms. The average Bonchev–Trinajstić information content (AvgIpc) is 2.89. The standard InChI is InChI=1S/C17H18FN/c18-15-8-10-16(11-9-15)19-12-4-7-17(19)13-14-5-2-1-3-6-14/h1-3,5-6,8-11,17H,4,7,12-13H2/t17-/m1/s1. The van der Waals surface area contributed by atoms with E-state index in [-0.39, 0.29) is 5.82 Å². The van der Waals surface area contributed by atoms with Crippen LogP contribution in [-0.4, -0.2) is 12.6 Å². The molecule has 0 aliphatic carbocycles. The quantitative estimate of drug-likeness (QED) is 0.800. The summed E-state index contributed by atoms with van der Waals surface area (Å²) in [6, 6.07) is 18.0. The average molecular weight is 255 g/mol. The van der Waals surface area contributed by atoms with Crippen LogP contribution < -0.4 is 4.90 Å². The van der Waals surface area contributed by atoms with E-state index in [1.807, 2.05) is 12.1 Å². The predicted octanol–water partition coefficient (Wildman–Crippen LogP) is 4.04. The second-order valence-corrected chi connectivity index (χ2v) is 5.16. The molecular formula is C17H18FN. The molecule has 0 saturated carbocycles. The lowest BCUT2D eigenvalue weighted by atomic mass is 10.0. The minimum Gasteiger partial charge on any atom is -0.368 e. The molecule has 0 unspecified atom stereocenters. The summed E-state index contributed by atoms with van der Waals surface area (Å²) in [5.74, 6) is -0.164. The summed E-state index contributed by atoms with van der Waals surface area (Å²) in [6.07, 6.45) is 3.50. The first kappa shape index (κ1) is 12.2. The van der Waals surface area contributed by atoms with Crippen LogP contribution in [0, 0.1) is 5.82 Å². The van der Waals surface area contributed by atoms with Crippen LogP contribution in [0.25, 0.3) is 0 Å². The molecule has 1 heterocycles. The van der Waals surface area contributed by atoms with E-state index in [1.165, 1.54) is 18.4 Å². The molecule has 0 amide bonds. The lowest BCUT2D eigenvalue weighted by Gasteiger charge is -2.27. The van der Waals surface area contributed by atoms with E-state index >= 15 is 0 Å². The molecular weight excluding hydrogens is 237 g/mol. The van der Waals surface area contributed by atoms with Crippen molar-refractivity contribution in [3.63, 3.8) is 0 Å². The first-order valence-corrected chi connectivity index (χ1v) is 6.89. The number of benzene rings is 2. The normalized spacial score (nSPS) is 18.8. The first-order chi connectivity index (χ1) is 9.33. The minimum absolute atomic E-state index is 0.164. The molecule has 1 saturated heterocycles. The van der Waals surface area contributed by atoms with E-state index in [2.05, 4.69) is 35.2 Å². The van der Waals surface area contributed by atoms with E-state index in [1.54, 1.807) is 12.1 Å². The van der Waals surface area contributed by atoms with Crippen molar-refractivity contribution in [3.05, 3.63) is 66.0 Å². The van der Waals surface area contributed by atoms with E-state index in [4.69, 9.17) is 0 Å². The van der Waals surface area contributed by atoms with Crippen LogP contribution in [0.3, 0.4) is 0 Å². The maximum atomic E-state index is 13.0. The zero-order valence-electron chi connectivity index (χ0n) is 10.9. The van der Waals surface area contributed by atoms with Gasteiger partial charge in [0.15, 0.2) is 0 Å². The van der Waals surface area contributed by atoms with Crippen molar-refractivity contribution in [3.8, 4) is 0 Å². The molecule has 2 aromatic rings. The fourth-order valence-corrected chi connectivity index (χ4v) is 2.91. The summed E-state index contributed by atoms with van der Waals surface area (Å²) in [5, 5.41) is 0. The van der Waals surface area contributed by atoms with Gasteiger partial charge in [0.1, 0.15) is 5.82 Å². The number of anilines is 1. The van der Waals surface area contributed by atoms with Gasteiger partial charge in [-0.2, -0.15) is 0 Å². The lowest BCUT2D eigenvalue weighted by molar-refractivity contribution is 0.625. The third kappa shape index (κ3) is 2.78. The zero-order chi connectivity index (χ0) is 13.1. The molecule has 1 nitrogen and oxygen atoms in total. The lowest BCUT2D eigenvalue weighted by Crippen LogP contribution is -2.30. The van der Waals surface area contributed by atoms with Crippen molar-refractivity contribution in [2.45, 2.75) is 25.3 Å². The van der Waals surface area contributed by atoms with Crippen LogP contribution in [0.1, 0.15) is 18.4 Å². The molecule has 0 radical (unpaired) electrons. The number of hydrogen-bond acceptors (Lipinski definition) is 1. The van der Waals surface area contributed by atoms with Gasteiger partial charge >= 0.3 is 0 Å². The van der Waals surface area contributed by atoms with E-state index in [0.29, 0.717) is 6.04 Å². The Hall–Kier alpha value is -1.83. The maximum absolute atomic E-state index is 13.0. The Morgan fingerprint density at radius 2 is 1.74 bits per heavy atom. The summed E-state index contributed by atoms with van der Waals surface area (Å²) in [4.78, 5) is 2.41. The Bertz CT molecular complexity index is 521. The fourth-order valence-electron chi connectivity index (χ4n) is 2.91. The third-order valence-corrected chi connectivity index (χ3v) is 3.85. The number of rotatable bonds is 3. The van der Waals surface area contributed by atoms with E-state index < -0.39 is 0 Å². The van der Waals surface area contributed by atoms with Gasteiger partial charge in [-0.25, -0.2) is 4.39 Å². The van der Waals surface area contributed by atoms with E-state index in [9.17, 15) is 4.39 Å². The highest BCUT2D eigenvalue weighted by molar-refractivity contribution is 5.48. The van der Waals surface area contributed by atoms with Gasteiger partial charge in [0.25, 0.3) is 0 Å². The highest BCUT2D eigenvalue weighted by Crippen LogP contribution is 2.27. The van der Waals surface area contributed by atoms with Gasteiger partial charge in [0.05, 0.1) is 0 Å². The Labute approximate surface area is 113 Å². The summed E-state index contributed by atoms with van der Waals surface area (Å²) in [6.45, 7) is 1.07. The van der Waals surface area contributed by atoms with Gasteiger partial charge < -0.3 is 4.90 Å². The first-order valence-electron chi connectivity index (χ1n) is 6.89. The summed E-state index contributed by atoms with van der Waals surface area (Å²) < 4.78 is 13.0. The summed E-state index contributed by atoms with van der Waals surface area (Å²) in [5.41, 5.74) is 2.52. The molecule has 0 spiro atoms. The zero-order valence-corrected chi connectivity index (χ0v) is 10.9. The SMILES string of the molecule is Fc1ccc(N2CCC[C@@H]2Cc2ccccc2)cc1. The number of nitrogens with zero attached hydrogens (tertiary/aromatic N) is 1. The van der Waals surface area contributed by atoms with Crippen molar-refractivity contribution in [2.75, 3.05) is 11.4 Å². The predicted molar refractivity (Wildman–Crippen MR) is 76.9 cm³/mol. The highest BCUT2D eigenvalue weighted by atomic mass is 19.1. The molecule has 1 atom stereocenters. The second kappa shape index (κ2) is 5.43. The molecule has 1 aliphatic rings. The second-order valence-electron chi connectivity index (χ2n) is 5.16. The Balaban J connectivity index is 1.76. The number of hydrogen-bond donors (Lipinski definition) is 0. The van der Waals surface area contributed by atoms with Crippen LogP contribution in [-0.2, 0) is 6.42 Å². The molecule has 1 fully saturated rings. The molecule has 3 rings (SSSR count). The molecule has 0 N–H and O–H groups in total. The number of halogens is 1. The van der Waals surface area contributed by atoms with Gasteiger partial charge in [0.2, 0.25) is 0 Å². The van der Waals surface area contributed by atoms with Gasteiger partial charge in [-0.1, -0.05) is 30.3 Å². The summed E-state index contributed by atoms with van der Waals surface area (Å²) >= 11 is 0. The Kier molecular flexibility index (Phi) is 3.49. The van der Waals surface area contributed by atoms with Gasteiger partial charge in [-0.15, -0.1) is 0 Å². The van der Waals surface area contributed by atoms with Crippen LogP contribution in [0.2, 0.25) is 0 Å². The van der Waals surface area contributed by atoms with Crippen molar-refractivity contribution in [2.24, 2.45) is 0 Å². The van der Waals surface area contributed by atoms with Crippen LogP contribution >= 0.6 is 0 Å². The molecule has 0 bridgehead atoms. The van der Waals surface area contributed by atoms with Crippen molar-refractivity contribution < 1.29 is 4.39 Å². The van der Waals surface area contributed by atoms with Crippen molar-refractivity contribution in [1.82, 2.24) is 0 Å². The van der Waals surface area contributed by atoms with Crippen molar-refractivity contribution in [1.29, 1.82) is 0 Å². The monoisotopic (exact) mass is 255 g/mol.